The van der Waals surface area contributed by atoms with Gasteiger partial charge < -0.3 is 10.0 Å². The summed E-state index contributed by atoms with van der Waals surface area (Å²) in [6.45, 7) is 8.32. The lowest BCUT2D eigenvalue weighted by molar-refractivity contribution is -0.142. The molecule has 0 aromatic heterocycles. The summed E-state index contributed by atoms with van der Waals surface area (Å²) < 4.78 is 0. The Bertz CT molecular complexity index is 917. The molecule has 6 nitrogen and oxygen atoms in total. The Morgan fingerprint density at radius 3 is 2.55 bits per heavy atom. The van der Waals surface area contributed by atoms with Gasteiger partial charge in [-0.15, -0.1) is 5.73 Å². The molecular weight excluding hydrogens is 461 g/mol. The molecule has 180 valence electrons. The van der Waals surface area contributed by atoms with E-state index in [9.17, 15) is 14.7 Å². The van der Waals surface area contributed by atoms with Crippen molar-refractivity contribution in [2.24, 2.45) is 0 Å². The molecule has 2 rings (SSSR count). The zero-order chi connectivity index (χ0) is 24.4. The topological polar surface area (TPSA) is 64.1 Å². The van der Waals surface area contributed by atoms with Gasteiger partial charge in [0.1, 0.15) is 0 Å². The van der Waals surface area contributed by atoms with Crippen LogP contribution >= 0.6 is 23.2 Å². The highest BCUT2D eigenvalue weighted by molar-refractivity contribution is 6.43. The summed E-state index contributed by atoms with van der Waals surface area (Å²) in [5.74, 6) is -0.798. The first kappa shape index (κ1) is 27.2. The average Bonchev–Trinajstić information content (AvgIpc) is 2.79. The average molecular weight is 494 g/mol. The van der Waals surface area contributed by atoms with Crippen LogP contribution in [0, 0.1) is 0 Å². The number of halogens is 2. The van der Waals surface area contributed by atoms with Crippen molar-refractivity contribution in [2.45, 2.75) is 39.7 Å². The van der Waals surface area contributed by atoms with E-state index in [-0.39, 0.29) is 6.54 Å². The number of hydrogen-bond acceptors (Lipinski definition) is 5. The van der Waals surface area contributed by atoms with Gasteiger partial charge in [-0.2, -0.15) is 0 Å². The number of rotatable bonds is 9. The lowest BCUT2D eigenvalue weighted by Gasteiger charge is -2.37. The van der Waals surface area contributed by atoms with E-state index >= 15 is 0 Å². The lowest BCUT2D eigenvalue weighted by Crippen LogP contribution is -2.51. The molecule has 1 aliphatic rings. The molecular formula is C25H33Cl2N3O3. The molecule has 1 N–H and O–H groups in total. The maximum atomic E-state index is 12.7. The minimum Gasteiger partial charge on any atom is -0.390 e. The summed E-state index contributed by atoms with van der Waals surface area (Å²) in [6, 6.07) is 5.58. The van der Waals surface area contributed by atoms with Crippen molar-refractivity contribution in [1.29, 1.82) is 0 Å². The van der Waals surface area contributed by atoms with Crippen molar-refractivity contribution in [3.63, 3.8) is 0 Å². The monoisotopic (exact) mass is 493 g/mol. The number of carbonyl (C=O) groups excluding carboxylic acids is 2. The number of piperazine rings is 1. The molecule has 2 amide bonds. The molecule has 0 aliphatic carbocycles. The Hall–Kier alpha value is -2.08. The molecule has 1 atom stereocenters. The summed E-state index contributed by atoms with van der Waals surface area (Å²) in [4.78, 5) is 30.2. The maximum absolute atomic E-state index is 12.7. The second-order valence-electron chi connectivity index (χ2n) is 8.13. The molecule has 1 aliphatic heterocycles. The van der Waals surface area contributed by atoms with Gasteiger partial charge >= 0.3 is 0 Å². The van der Waals surface area contributed by atoms with Gasteiger partial charge in [0, 0.05) is 45.2 Å². The van der Waals surface area contributed by atoms with Crippen LogP contribution in [0.25, 0.3) is 0 Å². The highest BCUT2D eigenvalue weighted by Crippen LogP contribution is 2.32. The van der Waals surface area contributed by atoms with Crippen LogP contribution in [-0.4, -0.2) is 72.1 Å². The van der Waals surface area contributed by atoms with E-state index in [0.717, 1.165) is 49.6 Å². The lowest BCUT2D eigenvalue weighted by atomic mass is 10.2. The number of unbranched alkanes of at least 4 members (excludes halogenated alkanes) is 1. The smallest absolute Gasteiger partial charge is 0.256 e. The Kier molecular flexibility index (Phi) is 11.2. The first-order valence-electron chi connectivity index (χ1n) is 11.2. The molecule has 1 saturated heterocycles. The molecule has 1 aromatic rings. The van der Waals surface area contributed by atoms with Gasteiger partial charge in [-0.25, -0.2) is 0 Å². The third kappa shape index (κ3) is 8.33. The van der Waals surface area contributed by atoms with Gasteiger partial charge in [0.2, 0.25) is 5.91 Å². The van der Waals surface area contributed by atoms with E-state index in [0.29, 0.717) is 22.2 Å². The van der Waals surface area contributed by atoms with Crippen LogP contribution in [0.2, 0.25) is 10.0 Å². The van der Waals surface area contributed by atoms with Gasteiger partial charge in [-0.1, -0.05) is 42.6 Å². The molecule has 8 heteroatoms. The minimum atomic E-state index is -0.841. The fourth-order valence-electron chi connectivity index (χ4n) is 3.58. The van der Waals surface area contributed by atoms with Crippen molar-refractivity contribution in [1.82, 2.24) is 9.80 Å². The maximum Gasteiger partial charge on any atom is 0.256 e. The Morgan fingerprint density at radius 1 is 1.21 bits per heavy atom. The van der Waals surface area contributed by atoms with Gasteiger partial charge in [-0.3, -0.25) is 19.4 Å². The number of hydrogen-bond donors (Lipinski definition) is 1. The van der Waals surface area contributed by atoms with Crippen molar-refractivity contribution in [3.05, 3.63) is 57.8 Å². The van der Waals surface area contributed by atoms with Crippen LogP contribution in [0.4, 0.5) is 5.69 Å². The molecule has 0 bridgehead atoms. The van der Waals surface area contributed by atoms with E-state index in [1.54, 1.807) is 25.1 Å². The molecule has 0 radical (unpaired) electrons. The summed E-state index contributed by atoms with van der Waals surface area (Å²) in [5.41, 5.74) is 4.32. The fourth-order valence-corrected chi connectivity index (χ4v) is 4.00. The predicted octanol–water partition coefficient (Wildman–Crippen LogP) is 4.31. The number of benzene rings is 1. The number of allylic oxidation sites excluding steroid dienone is 2. The molecule has 1 heterocycles. The normalized spacial score (nSPS) is 15.6. The third-order valence-corrected chi connectivity index (χ3v) is 6.26. The van der Waals surface area contributed by atoms with Gasteiger partial charge in [0.15, 0.2) is 0 Å². The van der Waals surface area contributed by atoms with E-state index < -0.39 is 17.9 Å². The van der Waals surface area contributed by atoms with Crippen LogP contribution in [0.15, 0.2) is 47.7 Å². The van der Waals surface area contributed by atoms with Crippen LogP contribution in [0.5, 0.6) is 0 Å². The van der Waals surface area contributed by atoms with Crippen LogP contribution < -0.4 is 4.90 Å². The highest BCUT2D eigenvalue weighted by atomic mass is 35.5. The summed E-state index contributed by atoms with van der Waals surface area (Å²) in [6.07, 6.45) is 6.32. The van der Waals surface area contributed by atoms with Crippen LogP contribution in [-0.2, 0) is 9.59 Å². The number of imide groups is 1. The molecule has 1 fully saturated rings. The van der Waals surface area contributed by atoms with Crippen molar-refractivity contribution in [3.8, 4) is 0 Å². The van der Waals surface area contributed by atoms with Crippen molar-refractivity contribution < 1.29 is 14.7 Å². The largest absolute Gasteiger partial charge is 0.390 e. The van der Waals surface area contributed by atoms with E-state index in [1.807, 2.05) is 18.2 Å². The van der Waals surface area contributed by atoms with E-state index in [1.165, 1.54) is 6.92 Å². The van der Waals surface area contributed by atoms with Gasteiger partial charge in [-0.05, 0) is 43.7 Å². The number of anilines is 1. The van der Waals surface area contributed by atoms with Crippen molar-refractivity contribution in [2.75, 3.05) is 44.2 Å². The first-order valence-corrected chi connectivity index (χ1v) is 12.0. The van der Waals surface area contributed by atoms with E-state index in [2.05, 4.69) is 22.5 Å². The number of aliphatic hydroxyl groups excluding tert-OH is 1. The molecule has 33 heavy (non-hydrogen) atoms. The second-order valence-corrected chi connectivity index (χ2v) is 8.91. The van der Waals surface area contributed by atoms with Crippen LogP contribution in [0.1, 0.15) is 33.6 Å². The Balaban J connectivity index is 1.91. The Morgan fingerprint density at radius 2 is 1.91 bits per heavy atom. The van der Waals surface area contributed by atoms with Gasteiger partial charge in [0.05, 0.1) is 28.4 Å². The quantitative estimate of drug-likeness (QED) is 0.315. The second kappa shape index (κ2) is 13.6. The summed E-state index contributed by atoms with van der Waals surface area (Å²) in [7, 11) is 0. The molecule has 0 spiro atoms. The zero-order valence-corrected chi connectivity index (χ0v) is 21.1. The fraction of sp³-hybridized carbons (Fsp3) is 0.480. The van der Waals surface area contributed by atoms with Gasteiger partial charge in [0.25, 0.3) is 5.91 Å². The highest BCUT2D eigenvalue weighted by Gasteiger charge is 2.25. The number of amides is 2. The molecule has 0 saturated carbocycles. The standard InChI is InChI=1S/C25H33Cl2N3O3/c1-4-5-6-7-8-10-19(2)25(33)30(20(3)31)18-21(32)17-28-13-15-29(16-14-28)23-12-9-11-22(26)24(23)27/h6,8-12,21,32H,4-5,13-18H2,1-3H3/b19-10+. The zero-order valence-electron chi connectivity index (χ0n) is 19.6. The minimum absolute atomic E-state index is 0.0466. The SMILES string of the molecule is CCCC=C=C/C=C(\C)C(=O)N(CC(O)CN1CCN(c2cccc(Cl)c2Cl)CC1)C(C)=O. The number of carbonyl (C=O) groups is 2. The predicted molar refractivity (Wildman–Crippen MR) is 135 cm³/mol. The number of nitrogens with zero attached hydrogens (tertiary/aromatic N) is 3. The van der Waals surface area contributed by atoms with E-state index in [4.69, 9.17) is 23.2 Å². The molecule has 1 aromatic carbocycles. The number of β-amino-alcohol motifs (C(OH)–C–C–N with tert-alkyl or cyclic N) is 1. The summed E-state index contributed by atoms with van der Waals surface area (Å²) >= 11 is 12.5. The van der Waals surface area contributed by atoms with Crippen LogP contribution in [0.3, 0.4) is 0 Å². The third-order valence-electron chi connectivity index (χ3n) is 5.45. The summed E-state index contributed by atoms with van der Waals surface area (Å²) in [5, 5.41) is 11.7. The number of aliphatic hydroxyl groups is 1. The Labute approximate surface area is 206 Å². The van der Waals surface area contributed by atoms with Crippen molar-refractivity contribution >= 4 is 40.7 Å². The first-order chi connectivity index (χ1) is 15.7. The molecule has 1 unspecified atom stereocenters.